The lowest BCUT2D eigenvalue weighted by atomic mass is 9.82. The summed E-state index contributed by atoms with van der Waals surface area (Å²) in [6, 6.07) is 12.0. The van der Waals surface area contributed by atoms with Crippen molar-refractivity contribution < 1.29 is 9.47 Å². The van der Waals surface area contributed by atoms with E-state index in [1.807, 2.05) is 24.3 Å². The molecule has 2 aromatic carbocycles. The van der Waals surface area contributed by atoms with Crippen LogP contribution in [0.25, 0.3) is 0 Å². The Morgan fingerprint density at radius 2 is 1.64 bits per heavy atom. The minimum atomic E-state index is 0.00875. The summed E-state index contributed by atoms with van der Waals surface area (Å²) in [6.45, 7) is 14.5. The van der Waals surface area contributed by atoms with Crippen molar-refractivity contribution in [1.29, 1.82) is 0 Å². The highest BCUT2D eigenvalue weighted by atomic mass is 35.5. The Morgan fingerprint density at radius 3 is 2.25 bits per heavy atom. The van der Waals surface area contributed by atoms with Crippen molar-refractivity contribution in [2.45, 2.75) is 66.7 Å². The van der Waals surface area contributed by atoms with Crippen molar-refractivity contribution in [2.24, 2.45) is 5.41 Å². The third-order valence-corrected chi connectivity index (χ3v) is 5.06. The minimum Gasteiger partial charge on any atom is -0.493 e. The van der Waals surface area contributed by atoms with Gasteiger partial charge in [0.2, 0.25) is 0 Å². The summed E-state index contributed by atoms with van der Waals surface area (Å²) in [5, 5.41) is 4.31. The van der Waals surface area contributed by atoms with E-state index < -0.39 is 0 Å². The molecule has 0 bridgehead atoms. The largest absolute Gasteiger partial charge is 0.493 e. The standard InChI is InChI=1S/C24H34ClNO2/c1-17-10-8-9-11-18(17)15-28-22-13-20(25)19(12-21(22)27-7)14-26-24(5,6)16-23(2,3)4/h8-13,26H,14-16H2,1-7H3. The van der Waals surface area contributed by atoms with Crippen molar-refractivity contribution in [3.8, 4) is 11.5 Å². The van der Waals surface area contributed by atoms with Gasteiger partial charge in [-0.15, -0.1) is 0 Å². The zero-order chi connectivity index (χ0) is 20.9. The smallest absolute Gasteiger partial charge is 0.163 e. The number of benzene rings is 2. The van der Waals surface area contributed by atoms with Gasteiger partial charge in [0.15, 0.2) is 11.5 Å². The molecule has 0 fully saturated rings. The molecule has 0 radical (unpaired) electrons. The van der Waals surface area contributed by atoms with Crippen LogP contribution in [0.3, 0.4) is 0 Å². The highest BCUT2D eigenvalue weighted by Gasteiger charge is 2.25. The normalized spacial score (nSPS) is 12.1. The molecule has 154 valence electrons. The second-order valence-corrected chi connectivity index (χ2v) is 9.69. The predicted molar refractivity (Wildman–Crippen MR) is 119 cm³/mol. The van der Waals surface area contributed by atoms with Crippen LogP contribution >= 0.6 is 11.6 Å². The van der Waals surface area contributed by atoms with E-state index in [-0.39, 0.29) is 11.0 Å². The van der Waals surface area contributed by atoms with Crippen LogP contribution < -0.4 is 14.8 Å². The molecule has 0 aliphatic heterocycles. The average molecular weight is 404 g/mol. The molecule has 0 spiro atoms. The average Bonchev–Trinajstić information content (AvgIpc) is 2.58. The zero-order valence-electron chi connectivity index (χ0n) is 18.3. The van der Waals surface area contributed by atoms with Crippen LogP contribution in [-0.4, -0.2) is 12.6 Å². The van der Waals surface area contributed by atoms with E-state index in [0.717, 1.165) is 17.5 Å². The molecule has 1 N–H and O–H groups in total. The molecule has 3 nitrogen and oxygen atoms in total. The molecule has 0 amide bonds. The summed E-state index contributed by atoms with van der Waals surface area (Å²) in [5.74, 6) is 1.36. The Bertz CT molecular complexity index is 794. The van der Waals surface area contributed by atoms with E-state index in [9.17, 15) is 0 Å². The van der Waals surface area contributed by atoms with Crippen LogP contribution in [0, 0.1) is 12.3 Å². The molecule has 0 aliphatic rings. The van der Waals surface area contributed by atoms with Gasteiger partial charge in [-0.3, -0.25) is 0 Å². The van der Waals surface area contributed by atoms with Crippen molar-refractivity contribution in [3.63, 3.8) is 0 Å². The van der Waals surface area contributed by atoms with E-state index in [1.165, 1.54) is 5.56 Å². The van der Waals surface area contributed by atoms with Crippen LogP contribution in [0.2, 0.25) is 5.02 Å². The SMILES string of the molecule is COc1cc(CNC(C)(C)CC(C)(C)C)c(Cl)cc1OCc1ccccc1C. The molecule has 0 unspecified atom stereocenters. The molecule has 0 aromatic heterocycles. The fourth-order valence-electron chi connectivity index (χ4n) is 3.64. The molecule has 0 aliphatic carbocycles. The van der Waals surface area contributed by atoms with Crippen molar-refractivity contribution in [3.05, 3.63) is 58.1 Å². The van der Waals surface area contributed by atoms with E-state index in [2.05, 4.69) is 59.0 Å². The first-order valence-electron chi connectivity index (χ1n) is 9.79. The second kappa shape index (κ2) is 9.19. The van der Waals surface area contributed by atoms with Crippen molar-refractivity contribution in [2.75, 3.05) is 7.11 Å². The third kappa shape index (κ3) is 6.72. The van der Waals surface area contributed by atoms with E-state index in [0.29, 0.717) is 29.7 Å². The maximum absolute atomic E-state index is 6.56. The Hall–Kier alpha value is -1.71. The number of nitrogens with one attached hydrogen (secondary N) is 1. The molecule has 0 heterocycles. The van der Waals surface area contributed by atoms with Gasteiger partial charge < -0.3 is 14.8 Å². The molecule has 0 atom stereocenters. The zero-order valence-corrected chi connectivity index (χ0v) is 19.0. The fraction of sp³-hybridized carbons (Fsp3) is 0.500. The number of aryl methyl sites for hydroxylation is 1. The molecule has 0 saturated heterocycles. The van der Waals surface area contributed by atoms with Crippen LogP contribution in [-0.2, 0) is 13.2 Å². The van der Waals surface area contributed by atoms with Crippen LogP contribution in [0.5, 0.6) is 11.5 Å². The Kier molecular flexibility index (Phi) is 7.41. The van der Waals surface area contributed by atoms with Crippen molar-refractivity contribution >= 4 is 11.6 Å². The third-order valence-electron chi connectivity index (χ3n) is 4.71. The molecule has 2 aromatic rings. The fourth-order valence-corrected chi connectivity index (χ4v) is 3.86. The number of methoxy groups -OCH3 is 1. The first-order chi connectivity index (χ1) is 13.0. The summed E-state index contributed by atoms with van der Waals surface area (Å²) >= 11 is 6.56. The van der Waals surface area contributed by atoms with Gasteiger partial charge in [-0.25, -0.2) is 0 Å². The van der Waals surface area contributed by atoms with Crippen molar-refractivity contribution in [1.82, 2.24) is 5.32 Å². The van der Waals surface area contributed by atoms with Crippen LogP contribution in [0.4, 0.5) is 0 Å². The molecular formula is C24H34ClNO2. The quantitative estimate of drug-likeness (QED) is 0.542. The molecule has 4 heteroatoms. The lowest BCUT2D eigenvalue weighted by Gasteiger charge is -2.33. The summed E-state index contributed by atoms with van der Waals surface area (Å²) < 4.78 is 11.6. The van der Waals surface area contributed by atoms with E-state index >= 15 is 0 Å². The number of ether oxygens (including phenoxy) is 2. The predicted octanol–water partition coefficient (Wildman–Crippen LogP) is 6.54. The van der Waals surface area contributed by atoms with Gasteiger partial charge in [0.25, 0.3) is 0 Å². The first kappa shape index (κ1) is 22.6. The lowest BCUT2D eigenvalue weighted by molar-refractivity contribution is 0.240. The lowest BCUT2D eigenvalue weighted by Crippen LogP contribution is -2.41. The molecule has 28 heavy (non-hydrogen) atoms. The number of halogens is 1. The summed E-state index contributed by atoms with van der Waals surface area (Å²) in [5.41, 5.74) is 3.62. The van der Waals surface area contributed by atoms with E-state index in [4.69, 9.17) is 21.1 Å². The van der Waals surface area contributed by atoms with Crippen LogP contribution in [0.15, 0.2) is 36.4 Å². The summed E-state index contributed by atoms with van der Waals surface area (Å²) in [4.78, 5) is 0. The molecule has 2 rings (SSSR count). The highest BCUT2D eigenvalue weighted by Crippen LogP contribution is 2.35. The van der Waals surface area contributed by atoms with Gasteiger partial charge >= 0.3 is 0 Å². The highest BCUT2D eigenvalue weighted by molar-refractivity contribution is 6.31. The molecule has 0 saturated carbocycles. The maximum atomic E-state index is 6.56. The monoisotopic (exact) mass is 403 g/mol. The minimum absolute atomic E-state index is 0.00875. The van der Waals surface area contributed by atoms with Gasteiger partial charge in [-0.1, -0.05) is 56.6 Å². The Morgan fingerprint density at radius 1 is 0.964 bits per heavy atom. The maximum Gasteiger partial charge on any atom is 0.163 e. The van der Waals surface area contributed by atoms with Crippen LogP contribution in [0.1, 0.15) is 57.7 Å². The number of rotatable bonds is 8. The first-order valence-corrected chi connectivity index (χ1v) is 10.2. The Labute approximate surface area is 175 Å². The number of hydrogen-bond donors (Lipinski definition) is 1. The topological polar surface area (TPSA) is 30.5 Å². The van der Waals surface area contributed by atoms with Gasteiger partial charge in [-0.2, -0.15) is 0 Å². The number of hydrogen-bond acceptors (Lipinski definition) is 3. The summed E-state index contributed by atoms with van der Waals surface area (Å²) in [6.07, 6.45) is 1.06. The van der Waals surface area contributed by atoms with Gasteiger partial charge in [0.1, 0.15) is 6.61 Å². The molecular weight excluding hydrogens is 370 g/mol. The Balaban J connectivity index is 2.11. The van der Waals surface area contributed by atoms with Gasteiger partial charge in [-0.05, 0) is 55.4 Å². The van der Waals surface area contributed by atoms with E-state index in [1.54, 1.807) is 7.11 Å². The van der Waals surface area contributed by atoms with Gasteiger partial charge in [0.05, 0.1) is 7.11 Å². The second-order valence-electron chi connectivity index (χ2n) is 9.28. The van der Waals surface area contributed by atoms with Gasteiger partial charge in [0, 0.05) is 23.2 Å². The summed E-state index contributed by atoms with van der Waals surface area (Å²) in [7, 11) is 1.66.